The summed E-state index contributed by atoms with van der Waals surface area (Å²) in [5.41, 5.74) is -0.168. The van der Waals surface area contributed by atoms with Crippen LogP contribution in [0.5, 0.6) is 0 Å². The number of alkyl halides is 3. The number of hydrogen-bond donors (Lipinski definition) is 4. The van der Waals surface area contributed by atoms with Crippen LogP contribution in [0.15, 0.2) is 36.0 Å². The van der Waals surface area contributed by atoms with Gasteiger partial charge in [-0.15, -0.1) is 0 Å². The lowest BCUT2D eigenvalue weighted by molar-refractivity contribution is -0.167. The van der Waals surface area contributed by atoms with Gasteiger partial charge in [0.15, 0.2) is 5.92 Å². The zero-order valence-corrected chi connectivity index (χ0v) is 13.2. The van der Waals surface area contributed by atoms with Crippen LogP contribution in [0.25, 0.3) is 0 Å². The molecule has 1 aromatic rings. The first kappa shape index (κ1) is 19.0. The highest BCUT2D eigenvalue weighted by Crippen LogP contribution is 2.27. The van der Waals surface area contributed by atoms with E-state index in [-0.39, 0.29) is 17.1 Å². The molecule has 1 fully saturated rings. The van der Waals surface area contributed by atoms with E-state index in [1.165, 1.54) is 37.3 Å². The van der Waals surface area contributed by atoms with Gasteiger partial charge >= 0.3 is 18.1 Å². The Labute approximate surface area is 144 Å². The fourth-order valence-corrected chi connectivity index (χ4v) is 2.16. The quantitative estimate of drug-likeness (QED) is 0.599. The number of anilines is 2. The highest BCUT2D eigenvalue weighted by atomic mass is 19.4. The van der Waals surface area contributed by atoms with Crippen molar-refractivity contribution >= 4 is 35.1 Å². The molecule has 1 aromatic carbocycles. The number of benzene rings is 1. The largest absolute Gasteiger partial charge is 0.471 e. The summed E-state index contributed by atoms with van der Waals surface area (Å²) in [7, 11) is 0. The minimum absolute atomic E-state index is 0.0150. The van der Waals surface area contributed by atoms with Gasteiger partial charge in [0, 0.05) is 5.70 Å². The van der Waals surface area contributed by atoms with Crippen molar-refractivity contribution in [3.05, 3.63) is 36.0 Å². The lowest BCUT2D eigenvalue weighted by Crippen LogP contribution is -2.56. The Hall–Kier alpha value is -3.37. The third-order valence-electron chi connectivity index (χ3n) is 3.33. The van der Waals surface area contributed by atoms with Gasteiger partial charge in [0.2, 0.25) is 11.8 Å². The fraction of sp³-hybridized carbons (Fsp3) is 0.200. The Kier molecular flexibility index (Phi) is 5.29. The van der Waals surface area contributed by atoms with E-state index in [0.29, 0.717) is 0 Å². The molecule has 1 aliphatic heterocycles. The molecule has 1 saturated heterocycles. The second-order valence-electron chi connectivity index (χ2n) is 5.11. The number of halogens is 3. The smallest absolute Gasteiger partial charge is 0.356 e. The van der Waals surface area contributed by atoms with E-state index in [2.05, 4.69) is 5.32 Å². The van der Waals surface area contributed by atoms with Crippen LogP contribution in [0.1, 0.15) is 6.92 Å². The highest BCUT2D eigenvalue weighted by molar-refractivity contribution is 6.18. The number of urea groups is 1. The van der Waals surface area contributed by atoms with E-state index in [1.807, 2.05) is 10.6 Å². The van der Waals surface area contributed by atoms with Crippen molar-refractivity contribution in [3.63, 3.8) is 0 Å². The minimum Gasteiger partial charge on any atom is -0.356 e. The van der Waals surface area contributed by atoms with E-state index in [9.17, 15) is 32.3 Å². The summed E-state index contributed by atoms with van der Waals surface area (Å²) in [5, 5.41) is 8.18. The first-order chi connectivity index (χ1) is 12.1. The first-order valence-corrected chi connectivity index (χ1v) is 7.19. The van der Waals surface area contributed by atoms with Gasteiger partial charge in [-0.3, -0.25) is 25.0 Å². The van der Waals surface area contributed by atoms with Gasteiger partial charge in [-0.05, 0) is 19.1 Å². The molecule has 0 atom stereocenters. The molecule has 0 bridgehead atoms. The molecule has 5 amide bonds. The molecule has 26 heavy (non-hydrogen) atoms. The summed E-state index contributed by atoms with van der Waals surface area (Å²) in [4.78, 5) is 46.1. The molecule has 4 N–H and O–H groups in total. The molecule has 138 valence electrons. The van der Waals surface area contributed by atoms with E-state index in [4.69, 9.17) is 0 Å². The number of rotatable bonds is 4. The number of hydrogen-bond acceptors (Lipinski definition) is 5. The number of para-hydroxylation sites is 2. The van der Waals surface area contributed by atoms with Crippen LogP contribution in [-0.4, -0.2) is 29.9 Å². The standard InChI is InChI=1S/C15H13F3N4O4/c1-2-7(10-11(23)21-14(26)22-12(10)24)19-8-5-3-4-6-9(8)20-13(25)15(16,17)18/h2-6,10,19H,1H3,(H,20,25)(H2,21,22,23,24,26)/b7-2+. The second-order valence-corrected chi connectivity index (χ2v) is 5.11. The van der Waals surface area contributed by atoms with Gasteiger partial charge in [-0.2, -0.15) is 13.2 Å². The molecule has 1 aliphatic rings. The van der Waals surface area contributed by atoms with Crippen LogP contribution in [0.2, 0.25) is 0 Å². The van der Waals surface area contributed by atoms with E-state index >= 15 is 0 Å². The summed E-state index contributed by atoms with van der Waals surface area (Å²) in [6.45, 7) is 1.48. The molecule has 0 unspecified atom stereocenters. The maximum absolute atomic E-state index is 12.4. The molecule has 0 radical (unpaired) electrons. The van der Waals surface area contributed by atoms with Crippen LogP contribution in [0.4, 0.5) is 29.3 Å². The molecule has 0 saturated carbocycles. The van der Waals surface area contributed by atoms with Crippen molar-refractivity contribution in [1.82, 2.24) is 10.6 Å². The number of carbonyl (C=O) groups excluding carboxylic acids is 4. The van der Waals surface area contributed by atoms with Crippen LogP contribution < -0.4 is 21.3 Å². The third-order valence-corrected chi connectivity index (χ3v) is 3.33. The van der Waals surface area contributed by atoms with Crippen molar-refractivity contribution in [1.29, 1.82) is 0 Å². The Morgan fingerprint density at radius 3 is 2.00 bits per heavy atom. The van der Waals surface area contributed by atoms with Crippen LogP contribution in [0, 0.1) is 5.92 Å². The van der Waals surface area contributed by atoms with Gasteiger partial charge in [0.1, 0.15) is 0 Å². The number of allylic oxidation sites excluding steroid dienone is 1. The highest BCUT2D eigenvalue weighted by Gasteiger charge is 2.39. The fourth-order valence-electron chi connectivity index (χ4n) is 2.16. The van der Waals surface area contributed by atoms with Crippen molar-refractivity contribution < 1.29 is 32.3 Å². The SMILES string of the molecule is C/C=C(/Nc1ccccc1NC(=O)C(F)(F)F)C1C(=O)NC(=O)NC1=O. The predicted octanol–water partition coefficient (Wildman–Crippen LogP) is 1.49. The summed E-state index contributed by atoms with van der Waals surface area (Å²) < 4.78 is 37.3. The van der Waals surface area contributed by atoms with Crippen molar-refractivity contribution in [3.8, 4) is 0 Å². The summed E-state index contributed by atoms with van der Waals surface area (Å²) in [6, 6.07) is 4.46. The molecule has 0 aliphatic carbocycles. The number of amides is 5. The molecule has 11 heteroatoms. The number of nitrogens with one attached hydrogen (secondary N) is 4. The third kappa shape index (κ3) is 4.18. The van der Waals surface area contributed by atoms with E-state index < -0.39 is 35.8 Å². The van der Waals surface area contributed by atoms with Crippen LogP contribution in [0.3, 0.4) is 0 Å². The zero-order valence-electron chi connectivity index (χ0n) is 13.2. The van der Waals surface area contributed by atoms with Gasteiger partial charge in [0.25, 0.3) is 0 Å². The lowest BCUT2D eigenvalue weighted by atomic mass is 10.0. The van der Waals surface area contributed by atoms with Gasteiger partial charge in [0.05, 0.1) is 11.4 Å². The number of barbiturate groups is 1. The first-order valence-electron chi connectivity index (χ1n) is 7.19. The molecule has 2 rings (SSSR count). The molecule has 0 aromatic heterocycles. The predicted molar refractivity (Wildman–Crippen MR) is 83.7 cm³/mol. The van der Waals surface area contributed by atoms with Crippen molar-refractivity contribution in [2.75, 3.05) is 10.6 Å². The minimum atomic E-state index is -5.08. The van der Waals surface area contributed by atoms with Gasteiger partial charge in [-0.25, -0.2) is 4.79 Å². The second kappa shape index (κ2) is 7.25. The maximum Gasteiger partial charge on any atom is 0.471 e. The average molecular weight is 370 g/mol. The molecular formula is C15H13F3N4O4. The topological polar surface area (TPSA) is 116 Å². The van der Waals surface area contributed by atoms with Crippen LogP contribution >= 0.6 is 0 Å². The van der Waals surface area contributed by atoms with Crippen LogP contribution in [-0.2, 0) is 14.4 Å². The maximum atomic E-state index is 12.4. The Morgan fingerprint density at radius 2 is 1.54 bits per heavy atom. The van der Waals surface area contributed by atoms with E-state index in [0.717, 1.165) is 0 Å². The van der Waals surface area contributed by atoms with Crippen molar-refractivity contribution in [2.45, 2.75) is 13.1 Å². The zero-order chi connectivity index (χ0) is 19.5. The summed E-state index contributed by atoms with van der Waals surface area (Å²) in [6.07, 6.45) is -3.73. The lowest BCUT2D eigenvalue weighted by Gasteiger charge is -2.24. The number of carbonyl (C=O) groups is 4. The number of imide groups is 2. The Balaban J connectivity index is 2.27. The summed E-state index contributed by atoms with van der Waals surface area (Å²) in [5.74, 6) is -5.37. The molecule has 1 heterocycles. The molecule has 8 nitrogen and oxygen atoms in total. The van der Waals surface area contributed by atoms with Gasteiger partial charge < -0.3 is 10.6 Å². The average Bonchev–Trinajstić information content (AvgIpc) is 2.53. The summed E-state index contributed by atoms with van der Waals surface area (Å²) >= 11 is 0. The normalized spacial score (nSPS) is 16.0. The molecular weight excluding hydrogens is 357 g/mol. The Morgan fingerprint density at radius 1 is 1.04 bits per heavy atom. The van der Waals surface area contributed by atoms with E-state index in [1.54, 1.807) is 5.32 Å². The van der Waals surface area contributed by atoms with Crippen molar-refractivity contribution in [2.24, 2.45) is 5.92 Å². The Bertz CT molecular complexity index is 784. The molecule has 0 spiro atoms. The monoisotopic (exact) mass is 370 g/mol. The van der Waals surface area contributed by atoms with Gasteiger partial charge in [-0.1, -0.05) is 18.2 Å².